The molecule has 1 rings (SSSR count). The van der Waals surface area contributed by atoms with E-state index in [9.17, 15) is 0 Å². The Balaban J connectivity index is 2.43. The minimum atomic E-state index is 1.14. The first-order valence-electron chi connectivity index (χ1n) is 3.95. The molecule has 0 saturated carbocycles. The molecule has 0 aromatic carbocycles. The Kier molecular flexibility index (Phi) is 2.75. The molecule has 1 fully saturated rings. The lowest BCUT2D eigenvalue weighted by molar-refractivity contribution is 0.0638. The van der Waals surface area contributed by atoms with Gasteiger partial charge in [0, 0.05) is 26.3 Å². The summed E-state index contributed by atoms with van der Waals surface area (Å²) < 4.78 is 0. The molecule has 2 heteroatoms. The Morgan fingerprint density at radius 1 is 1.20 bits per heavy atom. The van der Waals surface area contributed by atoms with Crippen molar-refractivity contribution in [3.63, 3.8) is 0 Å². The van der Waals surface area contributed by atoms with Crippen LogP contribution in [0.4, 0.5) is 0 Å². The maximum absolute atomic E-state index is 3.76. The Morgan fingerprint density at radius 3 is 2.60 bits per heavy atom. The third kappa shape index (κ3) is 1.74. The van der Waals surface area contributed by atoms with Crippen LogP contribution in [0.5, 0.6) is 0 Å². The average Bonchev–Trinajstić information content (AvgIpc) is 2.13. The SMILES string of the molecule is C=CN1CCCCCN1C. The summed E-state index contributed by atoms with van der Waals surface area (Å²) in [5.74, 6) is 0. The minimum absolute atomic E-state index is 1.14. The largest absolute Gasteiger partial charge is 0.314 e. The average molecular weight is 140 g/mol. The van der Waals surface area contributed by atoms with Gasteiger partial charge in [0.2, 0.25) is 0 Å². The Labute approximate surface area is 63.1 Å². The molecule has 0 atom stereocenters. The summed E-state index contributed by atoms with van der Waals surface area (Å²) in [5.41, 5.74) is 0. The van der Waals surface area contributed by atoms with Gasteiger partial charge in [-0.1, -0.05) is 13.0 Å². The van der Waals surface area contributed by atoms with Crippen LogP contribution in [0.25, 0.3) is 0 Å². The highest BCUT2D eigenvalue weighted by Crippen LogP contribution is 2.08. The van der Waals surface area contributed by atoms with Gasteiger partial charge in [-0.15, -0.1) is 0 Å². The lowest BCUT2D eigenvalue weighted by Crippen LogP contribution is -2.34. The van der Waals surface area contributed by atoms with E-state index >= 15 is 0 Å². The van der Waals surface area contributed by atoms with E-state index in [1.807, 2.05) is 6.20 Å². The van der Waals surface area contributed by atoms with Crippen molar-refractivity contribution in [3.05, 3.63) is 12.8 Å². The number of nitrogens with zero attached hydrogens (tertiary/aromatic N) is 2. The minimum Gasteiger partial charge on any atom is -0.314 e. The van der Waals surface area contributed by atoms with Gasteiger partial charge in [0.1, 0.15) is 0 Å². The lowest BCUT2D eigenvalue weighted by atomic mass is 10.2. The molecule has 0 amide bonds. The van der Waals surface area contributed by atoms with Crippen molar-refractivity contribution in [2.45, 2.75) is 19.3 Å². The Hall–Kier alpha value is -0.500. The molecule has 1 aliphatic heterocycles. The Bertz CT molecular complexity index is 112. The summed E-state index contributed by atoms with van der Waals surface area (Å²) in [7, 11) is 2.12. The molecule has 0 bridgehead atoms. The molecule has 1 heterocycles. The standard InChI is InChI=1S/C8H16N2/c1-3-10-8-6-4-5-7-9(10)2/h3H,1,4-8H2,2H3. The van der Waals surface area contributed by atoms with E-state index in [0.29, 0.717) is 0 Å². The third-order valence-electron chi connectivity index (χ3n) is 2.02. The molecule has 0 radical (unpaired) electrons. The van der Waals surface area contributed by atoms with E-state index in [-0.39, 0.29) is 0 Å². The molecule has 0 unspecified atom stereocenters. The van der Waals surface area contributed by atoms with Crippen molar-refractivity contribution < 1.29 is 0 Å². The summed E-state index contributed by atoms with van der Waals surface area (Å²) in [4.78, 5) is 0. The van der Waals surface area contributed by atoms with Crippen LogP contribution in [-0.2, 0) is 0 Å². The topological polar surface area (TPSA) is 6.48 Å². The molecule has 0 spiro atoms. The molecule has 0 aliphatic carbocycles. The number of hydrogen-bond donors (Lipinski definition) is 0. The monoisotopic (exact) mass is 140 g/mol. The van der Waals surface area contributed by atoms with Crippen LogP contribution in [-0.4, -0.2) is 30.2 Å². The fourth-order valence-corrected chi connectivity index (χ4v) is 1.32. The van der Waals surface area contributed by atoms with Crippen LogP contribution in [0.15, 0.2) is 12.8 Å². The normalized spacial score (nSPS) is 22.3. The quantitative estimate of drug-likeness (QED) is 0.544. The molecular weight excluding hydrogens is 124 g/mol. The first kappa shape index (κ1) is 7.61. The Morgan fingerprint density at radius 2 is 1.90 bits per heavy atom. The van der Waals surface area contributed by atoms with Crippen molar-refractivity contribution in [2.24, 2.45) is 0 Å². The van der Waals surface area contributed by atoms with Crippen LogP contribution in [0.3, 0.4) is 0 Å². The zero-order chi connectivity index (χ0) is 7.40. The van der Waals surface area contributed by atoms with Crippen LogP contribution in [0, 0.1) is 0 Å². The zero-order valence-corrected chi connectivity index (χ0v) is 6.71. The smallest absolute Gasteiger partial charge is 0.0339 e. The van der Waals surface area contributed by atoms with E-state index in [2.05, 4.69) is 23.6 Å². The number of hydrazine groups is 1. The predicted octanol–water partition coefficient (Wildman–Crippen LogP) is 1.46. The van der Waals surface area contributed by atoms with E-state index in [4.69, 9.17) is 0 Å². The summed E-state index contributed by atoms with van der Waals surface area (Å²) in [6.45, 7) is 6.07. The van der Waals surface area contributed by atoms with Crippen molar-refractivity contribution in [1.82, 2.24) is 10.0 Å². The first-order chi connectivity index (χ1) is 4.84. The van der Waals surface area contributed by atoms with Gasteiger partial charge in [0.05, 0.1) is 0 Å². The molecule has 10 heavy (non-hydrogen) atoms. The van der Waals surface area contributed by atoms with Crippen LogP contribution >= 0.6 is 0 Å². The van der Waals surface area contributed by atoms with Gasteiger partial charge in [-0.2, -0.15) is 0 Å². The summed E-state index contributed by atoms with van der Waals surface area (Å²) in [6.07, 6.45) is 5.89. The van der Waals surface area contributed by atoms with E-state index in [0.717, 1.165) is 6.54 Å². The number of rotatable bonds is 1. The summed E-state index contributed by atoms with van der Waals surface area (Å²) in [6, 6.07) is 0. The highest BCUT2D eigenvalue weighted by atomic mass is 15.6. The number of hydrogen-bond acceptors (Lipinski definition) is 2. The fourth-order valence-electron chi connectivity index (χ4n) is 1.32. The van der Waals surface area contributed by atoms with Crippen molar-refractivity contribution in [2.75, 3.05) is 20.1 Å². The third-order valence-corrected chi connectivity index (χ3v) is 2.02. The highest BCUT2D eigenvalue weighted by Gasteiger charge is 2.08. The van der Waals surface area contributed by atoms with Gasteiger partial charge in [-0.3, -0.25) is 0 Å². The summed E-state index contributed by atoms with van der Waals surface area (Å²) in [5, 5.41) is 4.42. The van der Waals surface area contributed by atoms with Gasteiger partial charge in [-0.05, 0) is 12.8 Å². The second-order valence-electron chi connectivity index (χ2n) is 2.79. The van der Waals surface area contributed by atoms with E-state index in [1.165, 1.54) is 25.8 Å². The van der Waals surface area contributed by atoms with Crippen LogP contribution in [0.1, 0.15) is 19.3 Å². The molecular formula is C8H16N2. The maximum Gasteiger partial charge on any atom is 0.0339 e. The molecule has 0 aromatic heterocycles. The lowest BCUT2D eigenvalue weighted by Gasteiger charge is -2.27. The van der Waals surface area contributed by atoms with Crippen LogP contribution in [0.2, 0.25) is 0 Å². The van der Waals surface area contributed by atoms with Crippen molar-refractivity contribution >= 4 is 0 Å². The van der Waals surface area contributed by atoms with Crippen molar-refractivity contribution in [3.8, 4) is 0 Å². The van der Waals surface area contributed by atoms with Gasteiger partial charge in [-0.25, -0.2) is 5.01 Å². The zero-order valence-electron chi connectivity index (χ0n) is 6.71. The molecule has 0 aromatic rings. The first-order valence-corrected chi connectivity index (χ1v) is 3.95. The van der Waals surface area contributed by atoms with Gasteiger partial charge < -0.3 is 5.01 Å². The second-order valence-corrected chi connectivity index (χ2v) is 2.79. The van der Waals surface area contributed by atoms with E-state index in [1.54, 1.807) is 0 Å². The molecule has 58 valence electrons. The molecule has 0 N–H and O–H groups in total. The maximum atomic E-state index is 3.76. The van der Waals surface area contributed by atoms with Crippen LogP contribution < -0.4 is 0 Å². The highest BCUT2D eigenvalue weighted by molar-refractivity contribution is 4.70. The van der Waals surface area contributed by atoms with E-state index < -0.39 is 0 Å². The second kappa shape index (κ2) is 3.62. The fraction of sp³-hybridized carbons (Fsp3) is 0.750. The molecule has 1 saturated heterocycles. The molecule has 2 nitrogen and oxygen atoms in total. The summed E-state index contributed by atoms with van der Waals surface area (Å²) >= 11 is 0. The molecule has 1 aliphatic rings. The predicted molar refractivity (Wildman–Crippen MR) is 43.4 cm³/mol. The van der Waals surface area contributed by atoms with Crippen molar-refractivity contribution in [1.29, 1.82) is 0 Å². The van der Waals surface area contributed by atoms with Gasteiger partial charge in [0.25, 0.3) is 0 Å². The van der Waals surface area contributed by atoms with Gasteiger partial charge in [0.15, 0.2) is 0 Å². The van der Waals surface area contributed by atoms with Gasteiger partial charge >= 0.3 is 0 Å².